The number of nitrogens with one attached hydrogen (secondary N) is 1. The third kappa shape index (κ3) is 2.85. The summed E-state index contributed by atoms with van der Waals surface area (Å²) in [6, 6.07) is 0. The molecule has 0 unspecified atom stereocenters. The van der Waals surface area contributed by atoms with E-state index in [2.05, 4.69) is 10.2 Å². The number of nitrogens with zero attached hydrogens (tertiary/aromatic N) is 2. The van der Waals surface area contributed by atoms with Crippen molar-refractivity contribution in [3.05, 3.63) is 11.3 Å². The van der Waals surface area contributed by atoms with Gasteiger partial charge in [0.25, 0.3) is 10.0 Å². The molecule has 1 fully saturated rings. The van der Waals surface area contributed by atoms with Gasteiger partial charge in [0, 0.05) is 18.8 Å². The first-order valence-electron chi connectivity index (χ1n) is 6.73. The lowest BCUT2D eigenvalue weighted by atomic mass is 10.1. The molecule has 112 valence electrons. The summed E-state index contributed by atoms with van der Waals surface area (Å²) in [4.78, 5) is 11.2. The van der Waals surface area contributed by atoms with Gasteiger partial charge in [-0.1, -0.05) is 19.3 Å². The van der Waals surface area contributed by atoms with Gasteiger partial charge in [0.2, 0.25) is 5.03 Å². The summed E-state index contributed by atoms with van der Waals surface area (Å²) in [5, 5.41) is 14.9. The lowest BCUT2D eigenvalue weighted by Crippen LogP contribution is -2.34. The topological polar surface area (TPSA) is 103 Å². The van der Waals surface area contributed by atoms with Crippen molar-refractivity contribution in [2.75, 3.05) is 13.1 Å². The normalized spacial score (nSPS) is 18.4. The summed E-state index contributed by atoms with van der Waals surface area (Å²) in [6.45, 7) is 2.35. The van der Waals surface area contributed by atoms with E-state index in [4.69, 9.17) is 5.11 Å². The maximum Gasteiger partial charge on any atom is 0.340 e. The summed E-state index contributed by atoms with van der Waals surface area (Å²) >= 11 is 0. The van der Waals surface area contributed by atoms with E-state index in [9.17, 15) is 13.2 Å². The summed E-state index contributed by atoms with van der Waals surface area (Å²) < 4.78 is 26.5. The van der Waals surface area contributed by atoms with Gasteiger partial charge >= 0.3 is 5.97 Å². The third-order valence-corrected chi connectivity index (χ3v) is 5.36. The summed E-state index contributed by atoms with van der Waals surface area (Å²) in [5.41, 5.74) is -0.00446. The van der Waals surface area contributed by atoms with Crippen LogP contribution in [0.15, 0.2) is 5.03 Å². The lowest BCUT2D eigenvalue weighted by molar-refractivity contribution is 0.0691. The minimum Gasteiger partial charge on any atom is -0.478 e. The number of aryl methyl sites for hydroxylation is 1. The minimum absolute atomic E-state index is 0.253. The molecule has 0 bridgehead atoms. The Morgan fingerprint density at radius 2 is 1.75 bits per heavy atom. The highest BCUT2D eigenvalue weighted by Gasteiger charge is 2.33. The number of carbonyl (C=O) groups is 1. The molecule has 1 aliphatic rings. The second-order valence-electron chi connectivity index (χ2n) is 5.01. The lowest BCUT2D eigenvalue weighted by Gasteiger charge is -2.23. The highest BCUT2D eigenvalue weighted by Crippen LogP contribution is 2.23. The summed E-state index contributed by atoms with van der Waals surface area (Å²) in [7, 11) is -3.85. The molecule has 0 amide bonds. The van der Waals surface area contributed by atoms with Crippen molar-refractivity contribution in [2.24, 2.45) is 0 Å². The molecule has 2 heterocycles. The first-order valence-corrected chi connectivity index (χ1v) is 8.17. The number of carboxylic acid groups (broad SMARTS) is 1. The van der Waals surface area contributed by atoms with Crippen molar-refractivity contribution in [1.82, 2.24) is 14.5 Å². The van der Waals surface area contributed by atoms with Crippen LogP contribution in [-0.4, -0.2) is 47.1 Å². The molecule has 1 saturated heterocycles. The van der Waals surface area contributed by atoms with E-state index >= 15 is 0 Å². The van der Waals surface area contributed by atoms with Crippen LogP contribution in [0.5, 0.6) is 0 Å². The van der Waals surface area contributed by atoms with E-state index in [1.807, 2.05) is 0 Å². The fourth-order valence-electron chi connectivity index (χ4n) is 2.43. The average molecular weight is 301 g/mol. The molecular weight excluding hydrogens is 282 g/mol. The zero-order valence-electron chi connectivity index (χ0n) is 11.4. The van der Waals surface area contributed by atoms with Crippen LogP contribution in [0.3, 0.4) is 0 Å². The van der Waals surface area contributed by atoms with Gasteiger partial charge < -0.3 is 5.11 Å². The molecule has 1 aromatic rings. The molecule has 0 aromatic carbocycles. The summed E-state index contributed by atoms with van der Waals surface area (Å²) in [5.74, 6) is -1.28. The van der Waals surface area contributed by atoms with Gasteiger partial charge in [0.05, 0.1) is 0 Å². The molecule has 2 rings (SSSR count). The van der Waals surface area contributed by atoms with E-state index < -0.39 is 16.0 Å². The van der Waals surface area contributed by atoms with Crippen molar-refractivity contribution in [3.8, 4) is 0 Å². The smallest absolute Gasteiger partial charge is 0.340 e. The average Bonchev–Trinajstić information content (AvgIpc) is 2.70. The molecule has 1 aromatic heterocycles. The van der Waals surface area contributed by atoms with Gasteiger partial charge in [0.15, 0.2) is 0 Å². The SMILES string of the molecule is Cc1[nH]nc(S(=O)(=O)N2CCCCCCC2)c1C(=O)O. The van der Waals surface area contributed by atoms with E-state index in [1.54, 1.807) is 0 Å². The molecule has 0 atom stereocenters. The number of sulfonamides is 1. The van der Waals surface area contributed by atoms with Crippen LogP contribution < -0.4 is 0 Å². The predicted octanol–water partition coefficient (Wildman–Crippen LogP) is 1.37. The van der Waals surface area contributed by atoms with E-state index in [-0.39, 0.29) is 16.3 Å². The van der Waals surface area contributed by atoms with Crippen molar-refractivity contribution >= 4 is 16.0 Å². The van der Waals surface area contributed by atoms with E-state index in [0.29, 0.717) is 13.1 Å². The Morgan fingerprint density at radius 3 is 2.30 bits per heavy atom. The zero-order chi connectivity index (χ0) is 14.8. The molecule has 0 spiro atoms. The van der Waals surface area contributed by atoms with Crippen LogP contribution in [-0.2, 0) is 10.0 Å². The van der Waals surface area contributed by atoms with Crippen LogP contribution in [0, 0.1) is 6.92 Å². The first-order chi connectivity index (χ1) is 9.44. The predicted molar refractivity (Wildman–Crippen MR) is 72.1 cm³/mol. The van der Waals surface area contributed by atoms with Gasteiger partial charge in [-0.25, -0.2) is 13.2 Å². The van der Waals surface area contributed by atoms with Crippen LogP contribution in [0.25, 0.3) is 0 Å². The van der Waals surface area contributed by atoms with Gasteiger partial charge in [-0.15, -0.1) is 0 Å². The number of hydrogen-bond donors (Lipinski definition) is 2. The number of carboxylic acids is 1. The second-order valence-corrected chi connectivity index (χ2v) is 6.86. The largest absolute Gasteiger partial charge is 0.478 e. The zero-order valence-corrected chi connectivity index (χ0v) is 12.2. The highest BCUT2D eigenvalue weighted by atomic mass is 32.2. The Morgan fingerprint density at radius 1 is 1.20 bits per heavy atom. The maximum absolute atomic E-state index is 12.6. The van der Waals surface area contributed by atoms with E-state index in [0.717, 1.165) is 32.1 Å². The first kappa shape index (κ1) is 15.0. The van der Waals surface area contributed by atoms with Crippen LogP contribution >= 0.6 is 0 Å². The van der Waals surface area contributed by atoms with Gasteiger partial charge in [-0.3, -0.25) is 5.10 Å². The minimum atomic E-state index is -3.85. The highest BCUT2D eigenvalue weighted by molar-refractivity contribution is 7.89. The van der Waals surface area contributed by atoms with Crippen LogP contribution in [0.2, 0.25) is 0 Å². The molecule has 0 radical (unpaired) electrons. The monoisotopic (exact) mass is 301 g/mol. The number of hydrogen-bond acceptors (Lipinski definition) is 4. The number of rotatable bonds is 3. The molecule has 1 aliphatic heterocycles. The molecule has 0 saturated carbocycles. The molecule has 20 heavy (non-hydrogen) atoms. The van der Waals surface area contributed by atoms with Crippen molar-refractivity contribution in [3.63, 3.8) is 0 Å². The summed E-state index contributed by atoms with van der Waals surface area (Å²) in [6.07, 6.45) is 4.71. The Balaban J connectivity index is 2.36. The Labute approximate surface area is 118 Å². The number of aromatic carboxylic acids is 1. The number of aromatic amines is 1. The Bertz CT molecular complexity index is 586. The van der Waals surface area contributed by atoms with Crippen LogP contribution in [0.1, 0.15) is 48.2 Å². The van der Waals surface area contributed by atoms with Gasteiger partial charge in [-0.2, -0.15) is 9.40 Å². The van der Waals surface area contributed by atoms with E-state index in [1.165, 1.54) is 11.2 Å². The van der Waals surface area contributed by atoms with Crippen LogP contribution in [0.4, 0.5) is 0 Å². The Kier molecular flexibility index (Phi) is 4.44. The third-order valence-electron chi connectivity index (χ3n) is 3.53. The Hall–Kier alpha value is -1.41. The van der Waals surface area contributed by atoms with Gasteiger partial charge in [0.1, 0.15) is 5.56 Å². The molecule has 7 nitrogen and oxygen atoms in total. The van der Waals surface area contributed by atoms with Crippen molar-refractivity contribution in [2.45, 2.75) is 44.1 Å². The number of aromatic nitrogens is 2. The second kappa shape index (κ2) is 5.92. The number of H-pyrrole nitrogens is 1. The molecule has 2 N–H and O–H groups in total. The van der Waals surface area contributed by atoms with Crippen molar-refractivity contribution in [1.29, 1.82) is 0 Å². The molecule has 8 heteroatoms. The molecule has 0 aliphatic carbocycles. The van der Waals surface area contributed by atoms with Crippen molar-refractivity contribution < 1.29 is 18.3 Å². The van der Waals surface area contributed by atoms with Gasteiger partial charge in [-0.05, 0) is 19.8 Å². The quantitative estimate of drug-likeness (QED) is 0.877. The molecular formula is C12H19N3O4S. The fraction of sp³-hybridized carbons (Fsp3) is 0.667. The maximum atomic E-state index is 12.6. The fourth-order valence-corrected chi connectivity index (χ4v) is 4.07. The standard InChI is InChI=1S/C12H19N3O4S/c1-9-10(12(16)17)11(14-13-9)20(18,19)15-7-5-3-2-4-6-8-15/h2-8H2,1H3,(H,13,14)(H,16,17).